The molecule has 2 aromatic heterocycles. The van der Waals surface area contributed by atoms with E-state index in [2.05, 4.69) is 50.2 Å². The zero-order chi connectivity index (χ0) is 24.2. The SMILES string of the molecule is COc1ccc(Cn2c(-c3ccc(OC)cc3)cc3c(NCc4cccc(Cl)c4)ncnc32)cc1. The van der Waals surface area contributed by atoms with Gasteiger partial charge in [0.25, 0.3) is 0 Å². The molecule has 0 aliphatic rings. The van der Waals surface area contributed by atoms with Crippen LogP contribution in [0, 0.1) is 0 Å². The molecule has 2 heterocycles. The first-order valence-electron chi connectivity index (χ1n) is 11.2. The van der Waals surface area contributed by atoms with Gasteiger partial charge < -0.3 is 19.4 Å². The summed E-state index contributed by atoms with van der Waals surface area (Å²) in [4.78, 5) is 9.21. The van der Waals surface area contributed by atoms with Crippen molar-refractivity contribution in [2.24, 2.45) is 0 Å². The van der Waals surface area contributed by atoms with Crippen molar-refractivity contribution >= 4 is 28.5 Å². The maximum atomic E-state index is 6.16. The summed E-state index contributed by atoms with van der Waals surface area (Å²) >= 11 is 6.16. The molecule has 0 spiro atoms. The first-order valence-corrected chi connectivity index (χ1v) is 11.6. The Bertz CT molecular complexity index is 1450. The number of anilines is 1. The highest BCUT2D eigenvalue weighted by Gasteiger charge is 2.16. The Kier molecular flexibility index (Phi) is 6.55. The summed E-state index contributed by atoms with van der Waals surface area (Å²) in [6.45, 7) is 1.26. The fraction of sp³-hybridized carbons (Fsp3) is 0.143. The third kappa shape index (κ3) is 4.93. The predicted molar refractivity (Wildman–Crippen MR) is 140 cm³/mol. The van der Waals surface area contributed by atoms with E-state index in [9.17, 15) is 0 Å². The van der Waals surface area contributed by atoms with E-state index in [-0.39, 0.29) is 0 Å². The van der Waals surface area contributed by atoms with Gasteiger partial charge in [-0.05, 0) is 71.3 Å². The molecule has 6 nitrogen and oxygen atoms in total. The Hall–Kier alpha value is -4.03. The lowest BCUT2D eigenvalue weighted by atomic mass is 10.1. The average Bonchev–Trinajstić information content (AvgIpc) is 3.27. The topological polar surface area (TPSA) is 61.2 Å². The van der Waals surface area contributed by atoms with Crippen LogP contribution in [-0.4, -0.2) is 28.8 Å². The van der Waals surface area contributed by atoms with Gasteiger partial charge in [0, 0.05) is 18.1 Å². The minimum absolute atomic E-state index is 0.605. The van der Waals surface area contributed by atoms with Gasteiger partial charge in [-0.15, -0.1) is 0 Å². The molecule has 0 radical (unpaired) electrons. The number of hydrogen-bond donors (Lipinski definition) is 1. The first kappa shape index (κ1) is 22.7. The van der Waals surface area contributed by atoms with Crippen LogP contribution in [0.5, 0.6) is 11.5 Å². The number of hydrogen-bond acceptors (Lipinski definition) is 5. The normalized spacial score (nSPS) is 10.9. The van der Waals surface area contributed by atoms with Crippen LogP contribution in [0.1, 0.15) is 11.1 Å². The second kappa shape index (κ2) is 10.1. The molecule has 0 amide bonds. The molecule has 35 heavy (non-hydrogen) atoms. The van der Waals surface area contributed by atoms with Crippen molar-refractivity contribution in [2.45, 2.75) is 13.1 Å². The molecule has 5 rings (SSSR count). The molecular weight excluding hydrogens is 460 g/mol. The van der Waals surface area contributed by atoms with Crippen molar-refractivity contribution < 1.29 is 9.47 Å². The summed E-state index contributed by atoms with van der Waals surface area (Å²) in [7, 11) is 3.34. The van der Waals surface area contributed by atoms with Crippen LogP contribution in [-0.2, 0) is 13.1 Å². The van der Waals surface area contributed by atoms with E-state index in [1.54, 1.807) is 20.5 Å². The van der Waals surface area contributed by atoms with Crippen LogP contribution in [0.15, 0.2) is 85.2 Å². The predicted octanol–water partition coefficient (Wildman–Crippen LogP) is 6.43. The maximum absolute atomic E-state index is 6.16. The van der Waals surface area contributed by atoms with Crippen LogP contribution >= 0.6 is 11.6 Å². The second-order valence-electron chi connectivity index (χ2n) is 8.14. The minimum atomic E-state index is 0.605. The highest BCUT2D eigenvalue weighted by atomic mass is 35.5. The van der Waals surface area contributed by atoms with E-state index in [0.29, 0.717) is 18.1 Å². The van der Waals surface area contributed by atoms with Gasteiger partial charge in [0.2, 0.25) is 0 Å². The van der Waals surface area contributed by atoms with E-state index in [0.717, 1.165) is 50.7 Å². The van der Waals surface area contributed by atoms with Crippen molar-refractivity contribution in [1.82, 2.24) is 14.5 Å². The van der Waals surface area contributed by atoms with Gasteiger partial charge in [0.1, 0.15) is 29.3 Å². The van der Waals surface area contributed by atoms with Gasteiger partial charge in [0.05, 0.1) is 25.3 Å². The van der Waals surface area contributed by atoms with Crippen LogP contribution < -0.4 is 14.8 Å². The number of fused-ring (bicyclic) bond motifs is 1. The van der Waals surface area contributed by atoms with Gasteiger partial charge >= 0.3 is 0 Å². The Morgan fingerprint density at radius 3 is 2.23 bits per heavy atom. The molecule has 0 unspecified atom stereocenters. The zero-order valence-corrected chi connectivity index (χ0v) is 20.3. The van der Waals surface area contributed by atoms with Crippen molar-refractivity contribution in [3.05, 3.63) is 101 Å². The number of nitrogens with one attached hydrogen (secondary N) is 1. The molecule has 3 aromatic carbocycles. The number of aromatic nitrogens is 3. The number of rotatable bonds is 8. The summed E-state index contributed by atoms with van der Waals surface area (Å²) in [5.74, 6) is 2.42. The lowest BCUT2D eigenvalue weighted by molar-refractivity contribution is 0.414. The fourth-order valence-corrected chi connectivity index (χ4v) is 4.32. The quantitative estimate of drug-likeness (QED) is 0.275. The van der Waals surface area contributed by atoms with Crippen LogP contribution in [0.3, 0.4) is 0 Å². The highest BCUT2D eigenvalue weighted by molar-refractivity contribution is 6.30. The molecule has 0 atom stereocenters. The Morgan fingerprint density at radius 1 is 0.829 bits per heavy atom. The van der Waals surface area contributed by atoms with Crippen LogP contribution in [0.2, 0.25) is 5.02 Å². The monoisotopic (exact) mass is 484 g/mol. The number of halogens is 1. The third-order valence-corrected chi connectivity index (χ3v) is 6.16. The molecule has 0 fully saturated rings. The molecule has 0 bridgehead atoms. The molecule has 176 valence electrons. The Morgan fingerprint density at radius 2 is 1.54 bits per heavy atom. The molecule has 0 aliphatic heterocycles. The second-order valence-corrected chi connectivity index (χ2v) is 8.57. The third-order valence-electron chi connectivity index (χ3n) is 5.92. The largest absolute Gasteiger partial charge is 0.497 e. The van der Waals surface area contributed by atoms with Gasteiger partial charge in [-0.1, -0.05) is 35.9 Å². The molecule has 5 aromatic rings. The summed E-state index contributed by atoms with van der Waals surface area (Å²) in [5.41, 5.74) is 5.19. The highest BCUT2D eigenvalue weighted by Crippen LogP contribution is 2.32. The van der Waals surface area contributed by atoms with Crippen molar-refractivity contribution in [3.8, 4) is 22.8 Å². The fourth-order valence-electron chi connectivity index (χ4n) is 4.11. The van der Waals surface area contributed by atoms with Gasteiger partial charge in [-0.25, -0.2) is 9.97 Å². The molecule has 0 saturated heterocycles. The van der Waals surface area contributed by atoms with E-state index >= 15 is 0 Å². The molecular formula is C28H25ClN4O2. The van der Waals surface area contributed by atoms with Crippen LogP contribution in [0.25, 0.3) is 22.3 Å². The standard InChI is InChI=1S/C28H25ClN4O2/c1-34-23-10-6-19(7-11-23)17-33-26(21-8-12-24(35-2)13-9-21)15-25-27(31-18-32-28(25)33)30-16-20-4-3-5-22(29)14-20/h3-15,18H,16-17H2,1-2H3,(H,30,31,32). The number of methoxy groups -OCH3 is 2. The zero-order valence-electron chi connectivity index (χ0n) is 19.5. The summed E-state index contributed by atoms with van der Waals surface area (Å²) < 4.78 is 12.9. The van der Waals surface area contributed by atoms with Crippen molar-refractivity contribution in [3.63, 3.8) is 0 Å². The van der Waals surface area contributed by atoms with E-state index < -0.39 is 0 Å². The van der Waals surface area contributed by atoms with Gasteiger partial charge in [-0.2, -0.15) is 0 Å². The van der Waals surface area contributed by atoms with Crippen molar-refractivity contribution in [1.29, 1.82) is 0 Å². The molecule has 0 aliphatic carbocycles. The van der Waals surface area contributed by atoms with Crippen LogP contribution in [0.4, 0.5) is 5.82 Å². The molecule has 0 saturated carbocycles. The maximum Gasteiger partial charge on any atom is 0.146 e. The van der Waals surface area contributed by atoms with E-state index in [4.69, 9.17) is 21.1 Å². The number of benzene rings is 3. The first-order chi connectivity index (χ1) is 17.1. The summed E-state index contributed by atoms with van der Waals surface area (Å²) in [6, 6.07) is 26.1. The van der Waals surface area contributed by atoms with Gasteiger partial charge in [-0.3, -0.25) is 0 Å². The minimum Gasteiger partial charge on any atom is -0.497 e. The Labute approximate surface area is 209 Å². The number of ether oxygens (including phenoxy) is 2. The molecule has 1 N–H and O–H groups in total. The van der Waals surface area contributed by atoms with E-state index in [1.165, 1.54) is 0 Å². The lowest BCUT2D eigenvalue weighted by Crippen LogP contribution is -2.05. The summed E-state index contributed by atoms with van der Waals surface area (Å²) in [6.07, 6.45) is 1.60. The lowest BCUT2D eigenvalue weighted by Gasteiger charge is -2.12. The summed E-state index contributed by atoms with van der Waals surface area (Å²) in [5, 5.41) is 5.13. The molecule has 7 heteroatoms. The van der Waals surface area contributed by atoms with E-state index in [1.807, 2.05) is 48.5 Å². The number of nitrogens with zero attached hydrogens (tertiary/aromatic N) is 3. The smallest absolute Gasteiger partial charge is 0.146 e. The van der Waals surface area contributed by atoms with Gasteiger partial charge in [0.15, 0.2) is 0 Å². The van der Waals surface area contributed by atoms with Crippen molar-refractivity contribution in [2.75, 3.05) is 19.5 Å². The Balaban J connectivity index is 1.56. The average molecular weight is 485 g/mol.